The number of hydrogen-bond donors (Lipinski definition) is 1. The smallest absolute Gasteiger partial charge is 0.323 e. The molecule has 0 radical (unpaired) electrons. The second-order valence-corrected chi connectivity index (χ2v) is 3.69. The number of carboxylic acid groups (broad SMARTS) is 1. The van der Waals surface area contributed by atoms with E-state index in [1.165, 1.54) is 0 Å². The van der Waals surface area contributed by atoms with Crippen molar-refractivity contribution < 1.29 is 14.6 Å². The van der Waals surface area contributed by atoms with Gasteiger partial charge in [0.1, 0.15) is 6.04 Å². The third-order valence-corrected chi connectivity index (χ3v) is 2.45. The molecule has 1 fully saturated rings. The summed E-state index contributed by atoms with van der Waals surface area (Å²) in [6, 6.07) is -0.235. The summed E-state index contributed by atoms with van der Waals surface area (Å²) in [6.07, 6.45) is -0.214. The summed E-state index contributed by atoms with van der Waals surface area (Å²) in [5.74, 6) is -0.791. The highest BCUT2D eigenvalue weighted by Crippen LogP contribution is 2.16. The van der Waals surface area contributed by atoms with Crippen LogP contribution in [0.25, 0.3) is 0 Å². The molecule has 1 rings (SSSR count). The molecule has 0 amide bonds. The van der Waals surface area contributed by atoms with Gasteiger partial charge in [-0.2, -0.15) is 0 Å². The van der Waals surface area contributed by atoms with E-state index in [9.17, 15) is 4.79 Å². The van der Waals surface area contributed by atoms with Crippen molar-refractivity contribution in [3.63, 3.8) is 0 Å². The van der Waals surface area contributed by atoms with Crippen molar-refractivity contribution in [3.05, 3.63) is 0 Å². The molecule has 0 aliphatic carbocycles. The summed E-state index contributed by atoms with van der Waals surface area (Å²) in [5.41, 5.74) is 0. The average Bonchev–Trinajstić information content (AvgIpc) is 2.02. The maximum absolute atomic E-state index is 11.0. The van der Waals surface area contributed by atoms with Crippen molar-refractivity contribution in [1.29, 1.82) is 0 Å². The molecule has 0 spiro atoms. The maximum atomic E-state index is 11.0. The highest BCUT2D eigenvalue weighted by molar-refractivity contribution is 5.74. The van der Waals surface area contributed by atoms with Crippen LogP contribution < -0.4 is 0 Å². The van der Waals surface area contributed by atoms with Gasteiger partial charge in [-0.25, -0.2) is 0 Å². The Hall–Kier alpha value is -0.610. The Morgan fingerprint density at radius 1 is 1.62 bits per heavy atom. The lowest BCUT2D eigenvalue weighted by Gasteiger charge is -2.39. The van der Waals surface area contributed by atoms with Crippen LogP contribution in [0, 0.1) is 0 Å². The SMILES string of the molecule is CC(C)N1CCO[C@H](C)[C@H]1C(=O)O. The van der Waals surface area contributed by atoms with Crippen LogP contribution in [-0.4, -0.2) is 47.3 Å². The lowest BCUT2D eigenvalue weighted by molar-refractivity contribution is -0.157. The fourth-order valence-electron chi connectivity index (χ4n) is 1.77. The second kappa shape index (κ2) is 4.07. The van der Waals surface area contributed by atoms with Gasteiger partial charge in [-0.05, 0) is 20.8 Å². The quantitative estimate of drug-likeness (QED) is 0.686. The number of carboxylic acids is 1. The van der Waals surface area contributed by atoms with Gasteiger partial charge in [0.15, 0.2) is 0 Å². The first-order chi connectivity index (χ1) is 6.04. The molecule has 1 saturated heterocycles. The lowest BCUT2D eigenvalue weighted by atomic mass is 10.1. The molecule has 13 heavy (non-hydrogen) atoms. The van der Waals surface area contributed by atoms with E-state index in [0.29, 0.717) is 13.2 Å². The molecule has 0 aromatic heterocycles. The number of morpholine rings is 1. The van der Waals surface area contributed by atoms with Gasteiger partial charge in [-0.3, -0.25) is 9.69 Å². The van der Waals surface area contributed by atoms with Crippen molar-refractivity contribution >= 4 is 5.97 Å². The molecule has 0 unspecified atom stereocenters. The lowest BCUT2D eigenvalue weighted by Crippen LogP contribution is -2.56. The average molecular weight is 187 g/mol. The van der Waals surface area contributed by atoms with Gasteiger partial charge in [0.05, 0.1) is 12.7 Å². The van der Waals surface area contributed by atoms with Gasteiger partial charge in [-0.15, -0.1) is 0 Å². The minimum absolute atomic E-state index is 0.214. The predicted octanol–water partition coefficient (Wildman–Crippen LogP) is 0.569. The molecule has 1 heterocycles. The Morgan fingerprint density at radius 2 is 2.23 bits per heavy atom. The van der Waals surface area contributed by atoms with E-state index >= 15 is 0 Å². The topological polar surface area (TPSA) is 49.8 Å². The highest BCUT2D eigenvalue weighted by Gasteiger charge is 2.36. The number of nitrogens with zero attached hydrogens (tertiary/aromatic N) is 1. The first-order valence-electron chi connectivity index (χ1n) is 4.64. The third kappa shape index (κ3) is 2.19. The number of rotatable bonds is 2. The second-order valence-electron chi connectivity index (χ2n) is 3.69. The number of carbonyl (C=O) groups is 1. The van der Waals surface area contributed by atoms with E-state index in [1.54, 1.807) is 0 Å². The predicted molar refractivity (Wildman–Crippen MR) is 48.7 cm³/mol. The van der Waals surface area contributed by atoms with E-state index in [-0.39, 0.29) is 12.1 Å². The molecule has 4 heteroatoms. The van der Waals surface area contributed by atoms with E-state index in [2.05, 4.69) is 0 Å². The first kappa shape index (κ1) is 10.5. The standard InChI is InChI=1S/C9H17NO3/c1-6(2)10-4-5-13-7(3)8(10)9(11)12/h6-8H,4-5H2,1-3H3,(H,11,12)/t7-,8+/m1/s1. The van der Waals surface area contributed by atoms with Crippen molar-refractivity contribution in [2.75, 3.05) is 13.2 Å². The third-order valence-electron chi connectivity index (χ3n) is 2.45. The molecule has 4 nitrogen and oxygen atoms in total. The Morgan fingerprint density at radius 3 is 2.62 bits per heavy atom. The van der Waals surface area contributed by atoms with E-state index in [0.717, 1.165) is 0 Å². The van der Waals surface area contributed by atoms with Crippen LogP contribution in [0.2, 0.25) is 0 Å². The minimum atomic E-state index is -0.791. The maximum Gasteiger partial charge on any atom is 0.323 e. The number of hydrogen-bond acceptors (Lipinski definition) is 3. The summed E-state index contributed by atoms with van der Waals surface area (Å²) in [5, 5.41) is 9.01. The minimum Gasteiger partial charge on any atom is -0.480 e. The van der Waals surface area contributed by atoms with E-state index < -0.39 is 12.0 Å². The van der Waals surface area contributed by atoms with Crippen molar-refractivity contribution in [3.8, 4) is 0 Å². The molecule has 1 aliphatic heterocycles. The van der Waals surface area contributed by atoms with E-state index in [4.69, 9.17) is 9.84 Å². The van der Waals surface area contributed by atoms with Crippen LogP contribution in [0.3, 0.4) is 0 Å². The zero-order chi connectivity index (χ0) is 10.0. The summed E-state index contributed by atoms with van der Waals surface area (Å²) in [4.78, 5) is 12.9. The molecule has 0 aromatic carbocycles. The van der Waals surface area contributed by atoms with Crippen LogP contribution in [0.15, 0.2) is 0 Å². The number of aliphatic carboxylic acids is 1. The normalized spacial score (nSPS) is 30.8. The zero-order valence-corrected chi connectivity index (χ0v) is 8.36. The Labute approximate surface area is 78.5 Å². The largest absolute Gasteiger partial charge is 0.480 e. The molecular formula is C9H17NO3. The monoisotopic (exact) mass is 187 g/mol. The van der Waals surface area contributed by atoms with E-state index in [1.807, 2.05) is 25.7 Å². The van der Waals surface area contributed by atoms with Gasteiger partial charge in [-0.1, -0.05) is 0 Å². The Bertz CT molecular complexity index is 193. The van der Waals surface area contributed by atoms with Crippen LogP contribution in [0.1, 0.15) is 20.8 Å². The van der Waals surface area contributed by atoms with Gasteiger partial charge in [0.25, 0.3) is 0 Å². The van der Waals surface area contributed by atoms with Crippen molar-refractivity contribution in [2.24, 2.45) is 0 Å². The highest BCUT2D eigenvalue weighted by atomic mass is 16.5. The van der Waals surface area contributed by atoms with Gasteiger partial charge >= 0.3 is 5.97 Å². The molecule has 0 aromatic rings. The number of ether oxygens (including phenoxy) is 1. The fourth-order valence-corrected chi connectivity index (χ4v) is 1.77. The van der Waals surface area contributed by atoms with Crippen LogP contribution >= 0.6 is 0 Å². The Balaban J connectivity index is 2.74. The van der Waals surface area contributed by atoms with Crippen molar-refractivity contribution in [2.45, 2.75) is 39.0 Å². The zero-order valence-electron chi connectivity index (χ0n) is 8.36. The Kier molecular flexibility index (Phi) is 3.27. The molecule has 1 aliphatic rings. The molecule has 1 N–H and O–H groups in total. The molecular weight excluding hydrogens is 170 g/mol. The fraction of sp³-hybridized carbons (Fsp3) is 0.889. The summed E-state index contributed by atoms with van der Waals surface area (Å²) in [7, 11) is 0. The van der Waals surface area contributed by atoms with Crippen LogP contribution in [0.4, 0.5) is 0 Å². The molecule has 76 valence electrons. The van der Waals surface area contributed by atoms with Crippen LogP contribution in [-0.2, 0) is 9.53 Å². The van der Waals surface area contributed by atoms with Gasteiger partial charge < -0.3 is 9.84 Å². The molecule has 0 bridgehead atoms. The summed E-state index contributed by atoms with van der Waals surface area (Å²) >= 11 is 0. The van der Waals surface area contributed by atoms with Gasteiger partial charge in [0.2, 0.25) is 0 Å². The van der Waals surface area contributed by atoms with Gasteiger partial charge in [0, 0.05) is 12.6 Å². The summed E-state index contributed by atoms with van der Waals surface area (Å²) < 4.78 is 5.31. The first-order valence-corrected chi connectivity index (χ1v) is 4.64. The molecule has 2 atom stereocenters. The van der Waals surface area contributed by atoms with Crippen molar-refractivity contribution in [1.82, 2.24) is 4.90 Å². The molecule has 0 saturated carbocycles. The summed E-state index contributed by atoms with van der Waals surface area (Å²) in [6.45, 7) is 7.16. The van der Waals surface area contributed by atoms with Crippen LogP contribution in [0.5, 0.6) is 0 Å².